The number of hydrogen-bond donors (Lipinski definition) is 2. The number of ether oxygens (including phenoxy) is 1. The first-order valence-corrected chi connectivity index (χ1v) is 10.7. The van der Waals surface area contributed by atoms with E-state index in [1.807, 2.05) is 66.2 Å². The highest BCUT2D eigenvalue weighted by molar-refractivity contribution is 5.80. The maximum absolute atomic E-state index is 13.1. The molecule has 0 radical (unpaired) electrons. The number of hydrogen-bond acceptors (Lipinski definition) is 4. The Balaban J connectivity index is 1.82. The van der Waals surface area contributed by atoms with Crippen molar-refractivity contribution in [2.45, 2.75) is 58.2 Å². The van der Waals surface area contributed by atoms with Crippen LogP contribution in [-0.4, -0.2) is 32.7 Å². The second-order valence-electron chi connectivity index (χ2n) is 9.62. The molecular weight excluding hydrogens is 404 g/mol. The van der Waals surface area contributed by atoms with E-state index in [1.54, 1.807) is 34.6 Å². The molecule has 2 aromatic carbocycles. The summed E-state index contributed by atoms with van der Waals surface area (Å²) in [6.45, 7) is 8.99. The van der Waals surface area contributed by atoms with Crippen molar-refractivity contribution >= 4 is 23.0 Å². The van der Waals surface area contributed by atoms with E-state index in [0.717, 1.165) is 22.4 Å². The van der Waals surface area contributed by atoms with E-state index >= 15 is 0 Å². The number of alkyl carbamates (subject to hydrolysis) is 1. The van der Waals surface area contributed by atoms with Gasteiger partial charge in [0.25, 0.3) is 0 Å². The molecule has 32 heavy (non-hydrogen) atoms. The Kier molecular flexibility index (Phi) is 6.57. The smallest absolute Gasteiger partial charge is 0.408 e. The van der Waals surface area contributed by atoms with Crippen molar-refractivity contribution in [3.05, 3.63) is 66.0 Å². The summed E-state index contributed by atoms with van der Waals surface area (Å²) in [6, 6.07) is 17.2. The molecule has 0 saturated heterocycles. The maximum atomic E-state index is 13.1. The van der Waals surface area contributed by atoms with Crippen LogP contribution in [0, 0.1) is 0 Å². The van der Waals surface area contributed by atoms with Crippen molar-refractivity contribution in [1.29, 1.82) is 0 Å². The highest BCUT2D eigenvalue weighted by atomic mass is 16.6. The number of nitrogens with zero attached hydrogens (tertiary/aromatic N) is 2. The number of aromatic nitrogens is 2. The van der Waals surface area contributed by atoms with Crippen molar-refractivity contribution < 1.29 is 14.3 Å². The van der Waals surface area contributed by atoms with Crippen LogP contribution in [0.25, 0.3) is 11.0 Å². The summed E-state index contributed by atoms with van der Waals surface area (Å²) in [7, 11) is 1.95. The molecule has 2 amide bonds. The third-order valence-corrected chi connectivity index (χ3v) is 4.96. The van der Waals surface area contributed by atoms with Gasteiger partial charge < -0.3 is 19.9 Å². The van der Waals surface area contributed by atoms with Gasteiger partial charge in [-0.05, 0) is 52.3 Å². The average Bonchev–Trinajstić information content (AvgIpc) is 3.01. The number of amides is 2. The summed E-state index contributed by atoms with van der Waals surface area (Å²) >= 11 is 0. The van der Waals surface area contributed by atoms with Gasteiger partial charge in [-0.25, -0.2) is 9.78 Å². The lowest BCUT2D eigenvalue weighted by molar-refractivity contribution is -0.122. The standard InChI is InChI=1S/C25H32N4O3/c1-24(2,3)32-23(31)28-25(4,5)16-20(30)27-21(17-12-8-7-9-13-17)22-26-18-14-10-11-15-19(18)29(22)6/h7-15,21H,16H2,1-6H3,(H,27,30)(H,28,31). The fourth-order valence-corrected chi connectivity index (χ4v) is 3.60. The van der Waals surface area contributed by atoms with Crippen LogP contribution in [0.3, 0.4) is 0 Å². The molecule has 0 fully saturated rings. The number of imidazole rings is 1. The number of carbonyl (C=O) groups is 2. The van der Waals surface area contributed by atoms with Gasteiger partial charge in [0, 0.05) is 19.0 Å². The van der Waals surface area contributed by atoms with Gasteiger partial charge in [0.15, 0.2) is 0 Å². The lowest BCUT2D eigenvalue weighted by Crippen LogP contribution is -2.48. The van der Waals surface area contributed by atoms with Crippen molar-refractivity contribution in [2.24, 2.45) is 7.05 Å². The molecule has 1 unspecified atom stereocenters. The van der Waals surface area contributed by atoms with Crippen molar-refractivity contribution in [2.75, 3.05) is 0 Å². The van der Waals surface area contributed by atoms with E-state index in [0.29, 0.717) is 0 Å². The predicted molar refractivity (Wildman–Crippen MR) is 125 cm³/mol. The fourth-order valence-electron chi connectivity index (χ4n) is 3.60. The van der Waals surface area contributed by atoms with Crippen molar-refractivity contribution in [3.63, 3.8) is 0 Å². The zero-order valence-corrected chi connectivity index (χ0v) is 19.6. The maximum Gasteiger partial charge on any atom is 0.408 e. The Morgan fingerprint density at radius 3 is 2.25 bits per heavy atom. The first-order valence-electron chi connectivity index (χ1n) is 10.7. The van der Waals surface area contributed by atoms with Crippen molar-refractivity contribution in [1.82, 2.24) is 20.2 Å². The molecule has 7 nitrogen and oxygen atoms in total. The minimum atomic E-state index is -0.792. The average molecular weight is 437 g/mol. The highest BCUT2D eigenvalue weighted by Gasteiger charge is 2.29. The first kappa shape index (κ1) is 23.3. The Morgan fingerprint density at radius 2 is 1.62 bits per heavy atom. The van der Waals surface area contributed by atoms with Crippen LogP contribution in [0.5, 0.6) is 0 Å². The quantitative estimate of drug-likeness (QED) is 0.597. The summed E-state index contributed by atoms with van der Waals surface area (Å²) in [5, 5.41) is 5.90. The summed E-state index contributed by atoms with van der Waals surface area (Å²) in [6.07, 6.45) is -0.468. The lowest BCUT2D eigenvalue weighted by Gasteiger charge is -2.29. The van der Waals surface area contributed by atoms with E-state index in [4.69, 9.17) is 9.72 Å². The largest absolute Gasteiger partial charge is 0.444 e. The highest BCUT2D eigenvalue weighted by Crippen LogP contribution is 2.25. The monoisotopic (exact) mass is 436 g/mol. The molecule has 1 atom stereocenters. The van der Waals surface area contributed by atoms with E-state index in [1.165, 1.54) is 0 Å². The van der Waals surface area contributed by atoms with Gasteiger partial charge in [0.05, 0.1) is 11.0 Å². The number of rotatable bonds is 6. The molecule has 1 heterocycles. The van der Waals surface area contributed by atoms with Crippen molar-refractivity contribution in [3.8, 4) is 0 Å². The molecule has 1 aromatic heterocycles. The summed E-state index contributed by atoms with van der Waals surface area (Å²) in [5.74, 6) is 0.538. The van der Waals surface area contributed by atoms with Gasteiger partial charge in [-0.2, -0.15) is 0 Å². The molecule has 2 N–H and O–H groups in total. The Morgan fingerprint density at radius 1 is 1.00 bits per heavy atom. The van der Waals surface area contributed by atoms with Gasteiger partial charge >= 0.3 is 6.09 Å². The van der Waals surface area contributed by atoms with Crippen LogP contribution >= 0.6 is 0 Å². The van der Waals surface area contributed by atoms with E-state index in [2.05, 4.69) is 10.6 Å². The minimum absolute atomic E-state index is 0.0829. The molecule has 3 rings (SSSR count). The van der Waals surface area contributed by atoms with Crippen LogP contribution < -0.4 is 10.6 Å². The second kappa shape index (κ2) is 9.02. The normalized spacial score (nSPS) is 12.9. The third-order valence-electron chi connectivity index (χ3n) is 4.96. The number of fused-ring (bicyclic) bond motifs is 1. The molecule has 0 saturated carbocycles. The Bertz CT molecular complexity index is 1100. The molecular formula is C25H32N4O3. The van der Waals surface area contributed by atoms with E-state index in [-0.39, 0.29) is 12.3 Å². The van der Waals surface area contributed by atoms with Gasteiger partial charge in [-0.15, -0.1) is 0 Å². The zero-order chi connectivity index (χ0) is 23.5. The fraction of sp³-hybridized carbons (Fsp3) is 0.400. The summed E-state index contributed by atoms with van der Waals surface area (Å²) in [5.41, 5.74) is 1.38. The third kappa shape index (κ3) is 5.87. The molecule has 0 aliphatic carbocycles. The number of benzene rings is 2. The molecule has 7 heteroatoms. The number of aryl methyl sites for hydroxylation is 1. The van der Waals surface area contributed by atoms with Gasteiger partial charge in [-0.3, -0.25) is 4.79 Å². The van der Waals surface area contributed by atoms with Gasteiger partial charge in [0.2, 0.25) is 5.91 Å². The zero-order valence-electron chi connectivity index (χ0n) is 19.6. The predicted octanol–water partition coefficient (Wildman–Crippen LogP) is 4.47. The SMILES string of the molecule is Cn1c(C(NC(=O)CC(C)(C)NC(=O)OC(C)(C)C)c2ccccc2)nc2ccccc21. The first-order chi connectivity index (χ1) is 15.0. The van der Waals surface area contributed by atoms with Crippen LogP contribution in [0.4, 0.5) is 4.79 Å². The summed E-state index contributed by atoms with van der Waals surface area (Å²) in [4.78, 5) is 30.0. The number of para-hydroxylation sites is 2. The van der Waals surface area contributed by atoms with E-state index in [9.17, 15) is 9.59 Å². The topological polar surface area (TPSA) is 85.2 Å². The number of carbonyl (C=O) groups excluding carboxylic acids is 2. The van der Waals surface area contributed by atoms with E-state index < -0.39 is 23.3 Å². The van der Waals surface area contributed by atoms with Crippen LogP contribution in [0.1, 0.15) is 58.5 Å². The lowest BCUT2D eigenvalue weighted by atomic mass is 9.99. The van der Waals surface area contributed by atoms with Crippen LogP contribution in [0.2, 0.25) is 0 Å². The van der Waals surface area contributed by atoms with Crippen LogP contribution in [-0.2, 0) is 16.6 Å². The Hall–Kier alpha value is -3.35. The molecule has 170 valence electrons. The molecule has 0 aliphatic heterocycles. The molecule has 0 bridgehead atoms. The van der Waals surface area contributed by atoms with Gasteiger partial charge in [-0.1, -0.05) is 42.5 Å². The molecule has 3 aromatic rings. The van der Waals surface area contributed by atoms with Crippen LogP contribution in [0.15, 0.2) is 54.6 Å². The number of nitrogens with one attached hydrogen (secondary N) is 2. The summed E-state index contributed by atoms with van der Waals surface area (Å²) < 4.78 is 7.33. The molecule has 0 spiro atoms. The minimum Gasteiger partial charge on any atom is -0.444 e. The Labute approximate surface area is 189 Å². The molecule has 0 aliphatic rings. The van der Waals surface area contributed by atoms with Gasteiger partial charge in [0.1, 0.15) is 17.5 Å². The second-order valence-corrected chi connectivity index (χ2v) is 9.62.